The maximum absolute atomic E-state index is 12.7. The fourth-order valence-corrected chi connectivity index (χ4v) is 3.92. The van der Waals surface area contributed by atoms with Gasteiger partial charge in [-0.2, -0.15) is 0 Å². The van der Waals surface area contributed by atoms with Gasteiger partial charge in [0.15, 0.2) is 5.65 Å². The van der Waals surface area contributed by atoms with Crippen LogP contribution < -0.4 is 5.32 Å². The van der Waals surface area contributed by atoms with E-state index in [1.807, 2.05) is 43.5 Å². The number of amides is 1. The van der Waals surface area contributed by atoms with Crippen LogP contribution in [-0.2, 0) is 11.2 Å². The number of aryl methyl sites for hydroxylation is 1. The Bertz CT molecular complexity index is 941. The van der Waals surface area contributed by atoms with Crippen LogP contribution in [0.15, 0.2) is 48.7 Å². The average molecular weight is 377 g/mol. The van der Waals surface area contributed by atoms with E-state index < -0.39 is 0 Å². The molecule has 1 unspecified atom stereocenters. The van der Waals surface area contributed by atoms with E-state index in [2.05, 4.69) is 43.9 Å². The summed E-state index contributed by atoms with van der Waals surface area (Å²) in [6.45, 7) is 5.88. The van der Waals surface area contributed by atoms with E-state index >= 15 is 0 Å². The SMILES string of the molecule is CCc1ccc(NC(=O)C(C)N2CCC(c3nnc4ccccn34)CC2)cc1. The molecule has 0 spiro atoms. The van der Waals surface area contributed by atoms with Crippen LogP contribution in [0.5, 0.6) is 0 Å². The number of nitrogens with one attached hydrogen (secondary N) is 1. The third-order valence-corrected chi connectivity index (χ3v) is 5.79. The van der Waals surface area contributed by atoms with Crippen molar-refractivity contribution in [3.63, 3.8) is 0 Å². The number of aromatic nitrogens is 3. The lowest BCUT2D eigenvalue weighted by molar-refractivity contribution is -0.121. The number of benzene rings is 1. The molecule has 3 heterocycles. The van der Waals surface area contributed by atoms with Crippen LogP contribution in [0, 0.1) is 0 Å². The molecule has 1 amide bonds. The first kappa shape index (κ1) is 18.6. The molecular weight excluding hydrogens is 350 g/mol. The fourth-order valence-electron chi connectivity index (χ4n) is 3.92. The second-order valence-corrected chi connectivity index (χ2v) is 7.51. The quantitative estimate of drug-likeness (QED) is 0.739. The molecule has 0 saturated carbocycles. The number of rotatable bonds is 5. The van der Waals surface area contributed by atoms with E-state index in [-0.39, 0.29) is 11.9 Å². The monoisotopic (exact) mass is 377 g/mol. The molecule has 0 bridgehead atoms. The van der Waals surface area contributed by atoms with Gasteiger partial charge in [-0.3, -0.25) is 14.1 Å². The predicted octanol–water partition coefficient (Wildman–Crippen LogP) is 3.50. The van der Waals surface area contributed by atoms with Gasteiger partial charge in [0.1, 0.15) is 5.82 Å². The summed E-state index contributed by atoms with van der Waals surface area (Å²) in [6.07, 6.45) is 4.99. The fraction of sp³-hybridized carbons (Fsp3) is 0.409. The van der Waals surface area contributed by atoms with E-state index in [1.165, 1.54) is 5.56 Å². The summed E-state index contributed by atoms with van der Waals surface area (Å²) in [6, 6.07) is 13.9. The first-order valence-corrected chi connectivity index (χ1v) is 10.1. The number of likely N-dealkylation sites (tertiary alicyclic amines) is 1. The zero-order valence-electron chi connectivity index (χ0n) is 16.5. The number of fused-ring (bicyclic) bond motifs is 1. The van der Waals surface area contributed by atoms with Crippen molar-refractivity contribution in [3.8, 4) is 0 Å². The van der Waals surface area contributed by atoms with Crippen molar-refractivity contribution < 1.29 is 4.79 Å². The minimum Gasteiger partial charge on any atom is -0.325 e. The molecule has 1 aliphatic rings. The molecule has 0 aliphatic carbocycles. The van der Waals surface area contributed by atoms with Gasteiger partial charge < -0.3 is 5.32 Å². The molecule has 4 rings (SSSR count). The Morgan fingerprint density at radius 3 is 2.61 bits per heavy atom. The third kappa shape index (κ3) is 3.78. The molecule has 1 aliphatic heterocycles. The predicted molar refractivity (Wildman–Crippen MR) is 110 cm³/mol. The molecule has 1 fully saturated rings. The summed E-state index contributed by atoms with van der Waals surface area (Å²) in [5.74, 6) is 1.46. The van der Waals surface area contributed by atoms with E-state index in [0.29, 0.717) is 5.92 Å². The average Bonchev–Trinajstić information content (AvgIpc) is 3.18. The Labute approximate surface area is 165 Å². The highest BCUT2D eigenvalue weighted by Crippen LogP contribution is 2.28. The maximum atomic E-state index is 12.7. The number of nitrogens with zero attached hydrogens (tertiary/aromatic N) is 4. The summed E-state index contributed by atoms with van der Waals surface area (Å²) >= 11 is 0. The Hall–Kier alpha value is -2.73. The lowest BCUT2D eigenvalue weighted by atomic mass is 9.95. The van der Waals surface area contributed by atoms with Crippen LogP contribution in [-0.4, -0.2) is 44.5 Å². The standard InChI is InChI=1S/C22H27N5O/c1-3-17-7-9-19(10-8-17)23-22(28)16(2)26-14-11-18(12-15-26)21-25-24-20-6-4-5-13-27(20)21/h4-10,13,16,18H,3,11-12,14-15H2,1-2H3,(H,23,28). The topological polar surface area (TPSA) is 62.5 Å². The lowest BCUT2D eigenvalue weighted by Crippen LogP contribution is -2.45. The highest BCUT2D eigenvalue weighted by atomic mass is 16.2. The van der Waals surface area contributed by atoms with Gasteiger partial charge in [0.05, 0.1) is 6.04 Å². The van der Waals surface area contributed by atoms with E-state index in [0.717, 1.165) is 49.5 Å². The molecule has 6 nitrogen and oxygen atoms in total. The summed E-state index contributed by atoms with van der Waals surface area (Å²) in [4.78, 5) is 14.9. The largest absolute Gasteiger partial charge is 0.325 e. The molecule has 1 aromatic carbocycles. The van der Waals surface area contributed by atoms with Crippen LogP contribution in [0.3, 0.4) is 0 Å². The molecule has 1 atom stereocenters. The Morgan fingerprint density at radius 1 is 1.14 bits per heavy atom. The highest BCUT2D eigenvalue weighted by Gasteiger charge is 2.29. The number of pyridine rings is 1. The summed E-state index contributed by atoms with van der Waals surface area (Å²) in [7, 11) is 0. The molecule has 1 N–H and O–H groups in total. The normalized spacial score (nSPS) is 16.9. The Kier molecular flexibility index (Phi) is 5.39. The van der Waals surface area contributed by atoms with Crippen molar-refractivity contribution in [1.82, 2.24) is 19.5 Å². The van der Waals surface area contributed by atoms with E-state index in [9.17, 15) is 4.79 Å². The third-order valence-electron chi connectivity index (χ3n) is 5.79. The molecular formula is C22H27N5O. The molecule has 146 valence electrons. The molecule has 28 heavy (non-hydrogen) atoms. The first-order chi connectivity index (χ1) is 13.7. The zero-order chi connectivity index (χ0) is 19.5. The van der Waals surface area contributed by atoms with Crippen LogP contribution in [0.1, 0.15) is 44.0 Å². The van der Waals surface area contributed by atoms with Crippen molar-refractivity contribution in [2.75, 3.05) is 18.4 Å². The summed E-state index contributed by atoms with van der Waals surface area (Å²) in [5, 5.41) is 11.7. The van der Waals surface area contributed by atoms with Gasteiger partial charge in [-0.1, -0.05) is 25.1 Å². The Balaban J connectivity index is 1.35. The van der Waals surface area contributed by atoms with Crippen LogP contribution >= 0.6 is 0 Å². The molecule has 0 radical (unpaired) electrons. The minimum atomic E-state index is -0.151. The molecule has 1 saturated heterocycles. The van der Waals surface area contributed by atoms with Gasteiger partial charge in [0.25, 0.3) is 0 Å². The van der Waals surface area contributed by atoms with Crippen molar-refractivity contribution in [2.24, 2.45) is 0 Å². The van der Waals surface area contributed by atoms with Crippen LogP contribution in [0.4, 0.5) is 5.69 Å². The lowest BCUT2D eigenvalue weighted by Gasteiger charge is -2.34. The van der Waals surface area contributed by atoms with Gasteiger partial charge in [0.2, 0.25) is 5.91 Å². The molecule has 2 aromatic heterocycles. The number of carbonyl (C=O) groups excluding carboxylic acids is 1. The van der Waals surface area contributed by atoms with Crippen molar-refractivity contribution in [3.05, 3.63) is 60.0 Å². The smallest absolute Gasteiger partial charge is 0.241 e. The van der Waals surface area contributed by atoms with Crippen molar-refractivity contribution in [2.45, 2.75) is 45.1 Å². The van der Waals surface area contributed by atoms with Gasteiger partial charge in [-0.15, -0.1) is 10.2 Å². The molecule has 6 heteroatoms. The van der Waals surface area contributed by atoms with Crippen LogP contribution in [0.2, 0.25) is 0 Å². The summed E-state index contributed by atoms with van der Waals surface area (Å²) in [5.41, 5.74) is 3.02. The maximum Gasteiger partial charge on any atom is 0.241 e. The van der Waals surface area contributed by atoms with Crippen molar-refractivity contribution >= 4 is 17.2 Å². The number of anilines is 1. The first-order valence-electron chi connectivity index (χ1n) is 10.1. The van der Waals surface area contributed by atoms with E-state index in [4.69, 9.17) is 0 Å². The van der Waals surface area contributed by atoms with Crippen molar-refractivity contribution in [1.29, 1.82) is 0 Å². The summed E-state index contributed by atoms with van der Waals surface area (Å²) < 4.78 is 2.08. The number of piperidine rings is 1. The van der Waals surface area contributed by atoms with E-state index in [1.54, 1.807) is 0 Å². The second-order valence-electron chi connectivity index (χ2n) is 7.51. The second kappa shape index (κ2) is 8.10. The van der Waals surface area contributed by atoms with Crippen LogP contribution in [0.25, 0.3) is 5.65 Å². The minimum absolute atomic E-state index is 0.0515. The number of carbonyl (C=O) groups is 1. The number of hydrogen-bond donors (Lipinski definition) is 1. The highest BCUT2D eigenvalue weighted by molar-refractivity contribution is 5.94. The molecule has 3 aromatic rings. The van der Waals surface area contributed by atoms with Gasteiger partial charge >= 0.3 is 0 Å². The van der Waals surface area contributed by atoms with Gasteiger partial charge in [0, 0.05) is 17.8 Å². The van der Waals surface area contributed by atoms with Gasteiger partial charge in [-0.25, -0.2) is 0 Å². The zero-order valence-corrected chi connectivity index (χ0v) is 16.5. The number of hydrogen-bond acceptors (Lipinski definition) is 4. The Morgan fingerprint density at radius 2 is 1.89 bits per heavy atom. The van der Waals surface area contributed by atoms with Gasteiger partial charge in [-0.05, 0) is 69.1 Å².